The van der Waals surface area contributed by atoms with Crippen LogP contribution in [0.2, 0.25) is 0 Å². The Kier molecular flexibility index (Phi) is 18.4. The lowest BCUT2D eigenvalue weighted by atomic mass is 9.97. The predicted molar refractivity (Wildman–Crippen MR) is 279 cm³/mol. The van der Waals surface area contributed by atoms with Crippen molar-refractivity contribution in [3.8, 4) is 40.1 Å². The highest BCUT2D eigenvalue weighted by Gasteiger charge is 2.54. The monoisotopic (exact) mass is 1030 g/mol. The molecule has 5 atom stereocenters. The normalized spacial score (nSPS) is 16.9. The smallest absolute Gasteiger partial charge is 0.338 e. The van der Waals surface area contributed by atoms with E-state index in [1.807, 2.05) is 13.8 Å². The summed E-state index contributed by atoms with van der Waals surface area (Å²) in [6, 6.07) is 40.3. The molecule has 0 bridgehead atoms. The number of unbranched alkanes of at least 4 members (excludes halogenated alkanes) is 1. The third-order valence-corrected chi connectivity index (χ3v) is 12.0. The lowest BCUT2D eigenvalue weighted by Crippen LogP contribution is -2.63. The van der Waals surface area contributed by atoms with Gasteiger partial charge in [0.1, 0.15) is 35.2 Å². The molecule has 7 aromatic rings. The minimum absolute atomic E-state index is 0.00703. The summed E-state index contributed by atoms with van der Waals surface area (Å²) < 4.78 is 68.6. The molecule has 16 heteroatoms. The van der Waals surface area contributed by atoms with Crippen molar-refractivity contribution in [2.45, 2.75) is 77.2 Å². The summed E-state index contributed by atoms with van der Waals surface area (Å²) in [5, 5.41) is 0.0215. The van der Waals surface area contributed by atoms with Crippen LogP contribution < -0.4 is 29.1 Å². The number of hydrogen-bond acceptors (Lipinski definition) is 16. The SMILES string of the molecule is CCCCOc1ccc(-c2oc3cc(O[C@@H]4OC(COC(=O)c5ccccc5)[C@@H](OC(=O)c5ccccc5)C(OC(=O)c5ccccc5)[C@@H]4OC(=O)c4ccccc4)cc(OCCC)c3c(=O)c2OC)cc1OCCC. The van der Waals surface area contributed by atoms with Gasteiger partial charge >= 0.3 is 23.9 Å². The Labute approximate surface area is 439 Å². The van der Waals surface area contributed by atoms with Crippen LogP contribution >= 0.6 is 0 Å². The number of fused-ring (bicyclic) bond motifs is 1. The van der Waals surface area contributed by atoms with Crippen molar-refractivity contribution in [2.75, 3.05) is 33.5 Å². The summed E-state index contributed by atoms with van der Waals surface area (Å²) >= 11 is 0. The first kappa shape index (κ1) is 53.7. The Bertz CT molecular complexity index is 3130. The van der Waals surface area contributed by atoms with Crippen molar-refractivity contribution < 1.29 is 71.0 Å². The number of esters is 4. The van der Waals surface area contributed by atoms with Gasteiger partial charge in [-0.05, 0) is 86.0 Å². The second kappa shape index (κ2) is 26.0. The first-order valence-corrected chi connectivity index (χ1v) is 25.1. The van der Waals surface area contributed by atoms with Crippen molar-refractivity contribution >= 4 is 34.8 Å². The largest absolute Gasteiger partial charge is 0.493 e. The zero-order valence-corrected chi connectivity index (χ0v) is 42.5. The van der Waals surface area contributed by atoms with E-state index in [1.54, 1.807) is 103 Å². The van der Waals surface area contributed by atoms with Gasteiger partial charge in [0.25, 0.3) is 0 Å². The predicted octanol–water partition coefficient (Wildman–Crippen LogP) is 10.9. The van der Waals surface area contributed by atoms with E-state index in [1.165, 1.54) is 55.6 Å². The molecule has 16 nitrogen and oxygen atoms in total. The van der Waals surface area contributed by atoms with E-state index in [0.717, 1.165) is 19.3 Å². The maximum absolute atomic E-state index is 14.6. The van der Waals surface area contributed by atoms with Crippen LogP contribution in [0.25, 0.3) is 22.3 Å². The van der Waals surface area contributed by atoms with Crippen molar-refractivity contribution in [2.24, 2.45) is 0 Å². The number of carbonyl (C=O) groups is 4. The lowest BCUT2D eigenvalue weighted by Gasteiger charge is -2.44. The summed E-state index contributed by atoms with van der Waals surface area (Å²) in [5.74, 6) is -2.48. The van der Waals surface area contributed by atoms with Gasteiger partial charge in [-0.1, -0.05) is 100.0 Å². The fraction of sp³-hybridized carbons (Fsp3) is 0.283. The fourth-order valence-corrected chi connectivity index (χ4v) is 8.19. The average molecular weight is 1040 g/mol. The van der Waals surface area contributed by atoms with Crippen LogP contribution in [0.15, 0.2) is 161 Å². The van der Waals surface area contributed by atoms with Crippen LogP contribution in [0.1, 0.15) is 87.9 Å². The summed E-state index contributed by atoms with van der Waals surface area (Å²) in [7, 11) is 1.36. The lowest BCUT2D eigenvalue weighted by molar-refractivity contribution is -0.275. The number of ether oxygens (including phenoxy) is 10. The van der Waals surface area contributed by atoms with E-state index in [9.17, 15) is 24.0 Å². The highest BCUT2D eigenvalue weighted by Crippen LogP contribution is 2.41. The Balaban J connectivity index is 1.27. The molecular formula is C60H58O16. The van der Waals surface area contributed by atoms with Gasteiger partial charge in [0.2, 0.25) is 23.6 Å². The van der Waals surface area contributed by atoms with Crippen LogP contribution in [-0.4, -0.2) is 88.1 Å². The topological polar surface area (TPSA) is 191 Å². The number of carbonyl (C=O) groups excluding carboxylic acids is 4. The van der Waals surface area contributed by atoms with E-state index in [-0.39, 0.29) is 62.8 Å². The quantitative estimate of drug-likeness (QED) is 0.0334. The van der Waals surface area contributed by atoms with Gasteiger partial charge in [0.05, 0.1) is 49.2 Å². The van der Waals surface area contributed by atoms with Gasteiger partial charge < -0.3 is 51.8 Å². The van der Waals surface area contributed by atoms with E-state index < -0.39 is 66.6 Å². The molecule has 2 heterocycles. The van der Waals surface area contributed by atoms with Crippen molar-refractivity contribution in [3.63, 3.8) is 0 Å². The molecule has 1 aromatic heterocycles. The second-order valence-corrected chi connectivity index (χ2v) is 17.5. The zero-order valence-electron chi connectivity index (χ0n) is 42.5. The highest BCUT2D eigenvalue weighted by molar-refractivity contribution is 5.92. The van der Waals surface area contributed by atoms with Gasteiger partial charge in [-0.3, -0.25) is 4.79 Å². The summed E-state index contributed by atoms with van der Waals surface area (Å²) in [6.45, 7) is 6.38. The van der Waals surface area contributed by atoms with Crippen molar-refractivity contribution in [1.82, 2.24) is 0 Å². The Hall–Kier alpha value is -8.63. The third kappa shape index (κ3) is 13.0. The Morgan fingerprint density at radius 3 is 1.58 bits per heavy atom. The zero-order chi connectivity index (χ0) is 53.4. The molecule has 76 heavy (non-hydrogen) atoms. The molecular weight excluding hydrogens is 977 g/mol. The molecule has 1 saturated heterocycles. The van der Waals surface area contributed by atoms with Crippen molar-refractivity contribution in [1.29, 1.82) is 0 Å². The molecule has 0 aliphatic carbocycles. The average Bonchev–Trinajstić information content (AvgIpc) is 3.46. The summed E-state index contributed by atoms with van der Waals surface area (Å²) in [6.07, 6.45) is -5.24. The number of hydrogen-bond donors (Lipinski definition) is 0. The minimum atomic E-state index is -1.74. The van der Waals surface area contributed by atoms with Crippen LogP contribution in [0, 0.1) is 0 Å². The molecule has 394 valence electrons. The molecule has 1 aliphatic rings. The van der Waals surface area contributed by atoms with Gasteiger partial charge in [0, 0.05) is 17.7 Å². The van der Waals surface area contributed by atoms with E-state index in [0.29, 0.717) is 36.7 Å². The first-order valence-electron chi connectivity index (χ1n) is 25.1. The molecule has 6 aromatic carbocycles. The second-order valence-electron chi connectivity index (χ2n) is 17.5. The van der Waals surface area contributed by atoms with Crippen LogP contribution in [0.3, 0.4) is 0 Å². The number of benzene rings is 6. The van der Waals surface area contributed by atoms with Gasteiger partial charge in [-0.2, -0.15) is 0 Å². The van der Waals surface area contributed by atoms with E-state index >= 15 is 0 Å². The molecule has 0 radical (unpaired) electrons. The van der Waals surface area contributed by atoms with Crippen LogP contribution in [0.5, 0.6) is 28.7 Å². The molecule has 2 unspecified atom stereocenters. The standard InChI is InChI=1S/C60H58O16/c1-5-8-33-69-44-30-29-42(34-45(44)67-31-6-2)51-53(66-4)50(61)49-46(68-32-7-3)35-43(36-47(49)72-51)71-60-55(76-59(65)41-27-19-12-20-28-41)54(75-58(64)40-25-17-11-18-26-40)52(74-57(63)39-23-15-10-16-24-39)48(73-60)37-70-56(62)38-21-13-9-14-22-38/h9-30,34-36,48,52,54-55,60H,5-8,31-33,37H2,1-4H3/t48?,52-,54?,55+,60-/m1/s1. The number of rotatable bonds is 23. The Morgan fingerprint density at radius 1 is 0.526 bits per heavy atom. The summed E-state index contributed by atoms with van der Waals surface area (Å²) in [5.41, 5.74) is 0.418. The van der Waals surface area contributed by atoms with E-state index in [4.69, 9.17) is 51.8 Å². The molecule has 0 amide bonds. The Morgan fingerprint density at radius 2 is 1.04 bits per heavy atom. The molecule has 8 rings (SSSR count). The van der Waals surface area contributed by atoms with Crippen molar-refractivity contribution in [3.05, 3.63) is 184 Å². The first-order chi connectivity index (χ1) is 37.1. The van der Waals surface area contributed by atoms with Gasteiger partial charge in [0.15, 0.2) is 29.5 Å². The number of methoxy groups -OCH3 is 1. The van der Waals surface area contributed by atoms with Gasteiger partial charge in [-0.15, -0.1) is 0 Å². The molecule has 0 spiro atoms. The maximum atomic E-state index is 14.6. The van der Waals surface area contributed by atoms with Gasteiger partial charge in [-0.25, -0.2) is 19.2 Å². The highest BCUT2D eigenvalue weighted by atomic mass is 16.7. The molecule has 1 fully saturated rings. The summed E-state index contributed by atoms with van der Waals surface area (Å²) in [4.78, 5) is 70.8. The van der Waals surface area contributed by atoms with Crippen LogP contribution in [-0.2, 0) is 23.7 Å². The molecule has 1 aliphatic heterocycles. The molecule has 0 N–H and O–H groups in total. The maximum Gasteiger partial charge on any atom is 0.338 e. The molecule has 0 saturated carbocycles. The fourth-order valence-electron chi connectivity index (χ4n) is 8.19. The van der Waals surface area contributed by atoms with E-state index in [2.05, 4.69) is 6.92 Å². The minimum Gasteiger partial charge on any atom is -0.493 e. The third-order valence-electron chi connectivity index (χ3n) is 12.0. The van der Waals surface area contributed by atoms with Crippen LogP contribution in [0.4, 0.5) is 0 Å².